The molecule has 0 aliphatic heterocycles. The van der Waals surface area contributed by atoms with Crippen molar-refractivity contribution in [3.63, 3.8) is 0 Å². The van der Waals surface area contributed by atoms with E-state index in [9.17, 15) is 9.59 Å². The van der Waals surface area contributed by atoms with Gasteiger partial charge in [-0.15, -0.1) is 0 Å². The summed E-state index contributed by atoms with van der Waals surface area (Å²) in [7, 11) is 0. The van der Waals surface area contributed by atoms with Crippen LogP contribution in [0.2, 0.25) is 0 Å². The lowest BCUT2D eigenvalue weighted by Gasteiger charge is -2.22. The van der Waals surface area contributed by atoms with Gasteiger partial charge in [0, 0.05) is 43.5 Å². The minimum Gasteiger partial charge on any atom is -0.339 e. The molecule has 0 radical (unpaired) electrons. The SMILES string of the molecule is CCCCN(CCCC)C(=O)c1ccc2nc(Nc3ccc(NC(C)=O)cc3)n(CCC)c2c1. The molecular weight excluding hydrogens is 426 g/mol. The van der Waals surface area contributed by atoms with Crippen molar-refractivity contribution in [2.45, 2.75) is 66.3 Å². The monoisotopic (exact) mass is 463 g/mol. The third-order valence-corrected chi connectivity index (χ3v) is 5.75. The number of hydrogen-bond acceptors (Lipinski definition) is 4. The number of amides is 2. The number of anilines is 3. The molecule has 0 atom stereocenters. The average Bonchev–Trinajstić information content (AvgIpc) is 3.16. The summed E-state index contributed by atoms with van der Waals surface area (Å²) in [5.74, 6) is 0.734. The zero-order chi connectivity index (χ0) is 24.5. The highest BCUT2D eigenvalue weighted by molar-refractivity contribution is 5.98. The van der Waals surface area contributed by atoms with Gasteiger partial charge in [0.1, 0.15) is 0 Å². The fraction of sp³-hybridized carbons (Fsp3) is 0.444. The van der Waals surface area contributed by atoms with Gasteiger partial charge >= 0.3 is 0 Å². The second-order valence-corrected chi connectivity index (χ2v) is 8.67. The third-order valence-electron chi connectivity index (χ3n) is 5.75. The van der Waals surface area contributed by atoms with Gasteiger partial charge in [0.15, 0.2) is 0 Å². The molecule has 7 nitrogen and oxygen atoms in total. The van der Waals surface area contributed by atoms with Crippen LogP contribution in [0.1, 0.15) is 70.2 Å². The summed E-state index contributed by atoms with van der Waals surface area (Å²) >= 11 is 0. The number of fused-ring (bicyclic) bond motifs is 1. The Morgan fingerprint density at radius 3 is 2.15 bits per heavy atom. The summed E-state index contributed by atoms with van der Waals surface area (Å²) < 4.78 is 2.14. The average molecular weight is 464 g/mol. The van der Waals surface area contributed by atoms with Gasteiger partial charge in [0.25, 0.3) is 5.91 Å². The second kappa shape index (κ2) is 12.2. The summed E-state index contributed by atoms with van der Waals surface area (Å²) in [5, 5.41) is 6.18. The zero-order valence-electron chi connectivity index (χ0n) is 20.9. The fourth-order valence-corrected chi connectivity index (χ4v) is 3.97. The van der Waals surface area contributed by atoms with Gasteiger partial charge in [0.05, 0.1) is 11.0 Å². The largest absolute Gasteiger partial charge is 0.339 e. The standard InChI is InChI=1S/C27H37N5O2/c1-5-8-17-31(18-9-6-2)26(34)21-10-15-24-25(19-21)32(16-7-3)27(30-24)29-23-13-11-22(12-14-23)28-20(4)33/h10-15,19H,5-9,16-18H2,1-4H3,(H,28,33)(H,29,30). The van der Waals surface area contributed by atoms with E-state index in [1.807, 2.05) is 47.4 Å². The first-order valence-electron chi connectivity index (χ1n) is 12.4. The lowest BCUT2D eigenvalue weighted by Crippen LogP contribution is -2.32. The Hall–Kier alpha value is -3.35. The highest BCUT2D eigenvalue weighted by Gasteiger charge is 2.18. The molecule has 3 aromatic rings. The number of aromatic nitrogens is 2. The Balaban J connectivity index is 1.89. The molecule has 0 fully saturated rings. The number of imidazole rings is 1. The summed E-state index contributed by atoms with van der Waals surface area (Å²) in [6, 6.07) is 13.4. The number of nitrogens with zero attached hydrogens (tertiary/aromatic N) is 3. The van der Waals surface area contributed by atoms with E-state index >= 15 is 0 Å². The predicted octanol–water partition coefficient (Wildman–Crippen LogP) is 6.19. The topological polar surface area (TPSA) is 79.3 Å². The molecule has 2 aromatic carbocycles. The van der Waals surface area contributed by atoms with E-state index in [2.05, 4.69) is 36.0 Å². The van der Waals surface area contributed by atoms with Crippen molar-refractivity contribution in [1.29, 1.82) is 0 Å². The number of carbonyl (C=O) groups excluding carboxylic acids is 2. The van der Waals surface area contributed by atoms with Crippen molar-refractivity contribution < 1.29 is 9.59 Å². The number of rotatable bonds is 12. The predicted molar refractivity (Wildman–Crippen MR) is 140 cm³/mol. The summed E-state index contributed by atoms with van der Waals surface area (Å²) in [6.07, 6.45) is 5.11. The molecule has 7 heteroatoms. The third kappa shape index (κ3) is 6.37. The van der Waals surface area contributed by atoms with Gasteiger partial charge in [0.2, 0.25) is 11.9 Å². The van der Waals surface area contributed by atoms with Crippen molar-refractivity contribution in [2.75, 3.05) is 23.7 Å². The number of aryl methyl sites for hydroxylation is 1. The minimum absolute atomic E-state index is 0.0936. The molecule has 0 saturated heterocycles. The quantitative estimate of drug-likeness (QED) is 0.336. The molecule has 0 aliphatic carbocycles. The molecule has 1 heterocycles. The lowest BCUT2D eigenvalue weighted by atomic mass is 10.1. The Morgan fingerprint density at radius 2 is 1.56 bits per heavy atom. The highest BCUT2D eigenvalue weighted by atomic mass is 16.2. The molecule has 2 N–H and O–H groups in total. The Morgan fingerprint density at radius 1 is 0.912 bits per heavy atom. The molecule has 3 rings (SSSR count). The first kappa shape index (κ1) is 25.3. The van der Waals surface area contributed by atoms with E-state index in [-0.39, 0.29) is 11.8 Å². The van der Waals surface area contributed by atoms with Crippen LogP contribution in [-0.2, 0) is 11.3 Å². The summed E-state index contributed by atoms with van der Waals surface area (Å²) in [6.45, 7) is 10.3. The van der Waals surface area contributed by atoms with Crippen LogP contribution in [-0.4, -0.2) is 39.4 Å². The minimum atomic E-state index is -0.0984. The first-order valence-corrected chi connectivity index (χ1v) is 12.4. The van der Waals surface area contributed by atoms with Crippen LogP contribution in [0.4, 0.5) is 17.3 Å². The van der Waals surface area contributed by atoms with Gasteiger partial charge in [-0.05, 0) is 61.7 Å². The number of benzene rings is 2. The zero-order valence-corrected chi connectivity index (χ0v) is 20.9. The van der Waals surface area contributed by atoms with Crippen molar-refractivity contribution in [2.24, 2.45) is 0 Å². The molecule has 0 spiro atoms. The maximum Gasteiger partial charge on any atom is 0.253 e. The molecular formula is C27H37N5O2. The van der Waals surface area contributed by atoms with E-state index in [0.717, 1.165) is 80.1 Å². The van der Waals surface area contributed by atoms with E-state index in [1.54, 1.807) is 0 Å². The van der Waals surface area contributed by atoms with Crippen molar-refractivity contribution in [3.05, 3.63) is 48.0 Å². The molecule has 182 valence electrons. The van der Waals surface area contributed by atoms with Crippen LogP contribution >= 0.6 is 0 Å². The molecule has 0 aliphatic rings. The summed E-state index contributed by atoms with van der Waals surface area (Å²) in [5.41, 5.74) is 4.15. The van der Waals surface area contributed by atoms with Crippen LogP contribution in [0.3, 0.4) is 0 Å². The number of unbranched alkanes of at least 4 members (excludes halogenated alkanes) is 2. The first-order chi connectivity index (χ1) is 16.5. The smallest absolute Gasteiger partial charge is 0.253 e. The lowest BCUT2D eigenvalue weighted by molar-refractivity contribution is -0.114. The van der Waals surface area contributed by atoms with Crippen LogP contribution in [0.5, 0.6) is 0 Å². The van der Waals surface area contributed by atoms with Crippen molar-refractivity contribution >= 4 is 40.2 Å². The second-order valence-electron chi connectivity index (χ2n) is 8.67. The molecule has 0 unspecified atom stereocenters. The van der Waals surface area contributed by atoms with Crippen LogP contribution < -0.4 is 10.6 Å². The van der Waals surface area contributed by atoms with Crippen molar-refractivity contribution in [3.8, 4) is 0 Å². The van der Waals surface area contributed by atoms with Crippen LogP contribution in [0.25, 0.3) is 11.0 Å². The Labute approximate surface area is 202 Å². The van der Waals surface area contributed by atoms with Crippen LogP contribution in [0.15, 0.2) is 42.5 Å². The van der Waals surface area contributed by atoms with Crippen molar-refractivity contribution in [1.82, 2.24) is 14.5 Å². The number of nitrogens with one attached hydrogen (secondary N) is 2. The van der Waals surface area contributed by atoms with E-state index in [1.165, 1.54) is 6.92 Å². The van der Waals surface area contributed by atoms with E-state index < -0.39 is 0 Å². The Kier molecular flexibility index (Phi) is 9.08. The van der Waals surface area contributed by atoms with Gasteiger partial charge in [-0.1, -0.05) is 33.6 Å². The maximum absolute atomic E-state index is 13.3. The number of carbonyl (C=O) groups is 2. The summed E-state index contributed by atoms with van der Waals surface area (Å²) in [4.78, 5) is 31.4. The van der Waals surface area contributed by atoms with Gasteiger partial charge < -0.3 is 20.1 Å². The number of hydrogen-bond donors (Lipinski definition) is 2. The van der Waals surface area contributed by atoms with Crippen LogP contribution in [0, 0.1) is 0 Å². The van der Waals surface area contributed by atoms with E-state index in [4.69, 9.17) is 4.98 Å². The Bertz CT molecular complexity index is 1100. The molecule has 2 amide bonds. The maximum atomic E-state index is 13.3. The molecule has 0 bridgehead atoms. The molecule has 1 aromatic heterocycles. The van der Waals surface area contributed by atoms with Gasteiger partial charge in [-0.2, -0.15) is 0 Å². The molecule has 34 heavy (non-hydrogen) atoms. The molecule has 0 saturated carbocycles. The van der Waals surface area contributed by atoms with Gasteiger partial charge in [-0.3, -0.25) is 9.59 Å². The normalized spacial score (nSPS) is 10.9. The fourth-order valence-electron chi connectivity index (χ4n) is 3.97. The van der Waals surface area contributed by atoms with Gasteiger partial charge in [-0.25, -0.2) is 4.98 Å². The van der Waals surface area contributed by atoms with E-state index in [0.29, 0.717) is 5.56 Å². The highest BCUT2D eigenvalue weighted by Crippen LogP contribution is 2.26.